The Morgan fingerprint density at radius 3 is 2.81 bits per heavy atom. The van der Waals surface area contributed by atoms with Crippen molar-refractivity contribution in [2.24, 2.45) is 0 Å². The van der Waals surface area contributed by atoms with Crippen molar-refractivity contribution in [2.45, 2.75) is 0 Å². The Bertz CT molecular complexity index is 481. The zero-order valence-electron chi connectivity index (χ0n) is 8.43. The van der Waals surface area contributed by atoms with Crippen molar-refractivity contribution in [1.82, 2.24) is 9.78 Å². The molecule has 0 fully saturated rings. The van der Waals surface area contributed by atoms with Crippen LogP contribution in [0.5, 0.6) is 0 Å². The Kier molecular flexibility index (Phi) is 3.22. The molecule has 1 aromatic carbocycles. The first kappa shape index (κ1) is 10.7. The molecular weight excluding hydrogens is 226 g/mol. The van der Waals surface area contributed by atoms with E-state index >= 15 is 0 Å². The van der Waals surface area contributed by atoms with Gasteiger partial charge in [-0.25, -0.2) is 4.68 Å². The lowest BCUT2D eigenvalue weighted by molar-refractivity contribution is -0.113. The number of anilines is 1. The number of aromatic nitrogens is 2. The average molecular weight is 236 g/mol. The van der Waals surface area contributed by atoms with Crippen molar-refractivity contribution in [1.29, 1.82) is 0 Å². The summed E-state index contributed by atoms with van der Waals surface area (Å²) < 4.78 is 1.68. The molecule has 16 heavy (non-hydrogen) atoms. The maximum Gasteiger partial charge on any atom is 0.239 e. The second-order valence-corrected chi connectivity index (χ2v) is 3.46. The molecule has 0 bridgehead atoms. The third kappa shape index (κ3) is 2.41. The van der Waals surface area contributed by atoms with E-state index in [1.807, 2.05) is 30.3 Å². The molecule has 0 aliphatic rings. The van der Waals surface area contributed by atoms with Gasteiger partial charge >= 0.3 is 0 Å². The number of halogens is 1. The maximum absolute atomic E-state index is 11.0. The van der Waals surface area contributed by atoms with Gasteiger partial charge < -0.3 is 5.32 Å². The lowest BCUT2D eigenvalue weighted by Gasteiger charge is -1.99. The van der Waals surface area contributed by atoms with E-state index in [1.165, 1.54) is 0 Å². The van der Waals surface area contributed by atoms with Gasteiger partial charge in [-0.2, -0.15) is 5.10 Å². The molecule has 5 heteroatoms. The molecule has 2 aromatic rings. The number of nitrogens with one attached hydrogen (secondary N) is 1. The summed E-state index contributed by atoms with van der Waals surface area (Å²) in [4.78, 5) is 11.0. The lowest BCUT2D eigenvalue weighted by Crippen LogP contribution is -2.11. The van der Waals surface area contributed by atoms with Gasteiger partial charge in [0.1, 0.15) is 5.88 Å². The van der Waals surface area contributed by atoms with E-state index < -0.39 is 0 Å². The summed E-state index contributed by atoms with van der Waals surface area (Å²) in [6.07, 6.45) is 3.32. The fourth-order valence-corrected chi connectivity index (χ4v) is 1.37. The van der Waals surface area contributed by atoms with Gasteiger partial charge in [-0.3, -0.25) is 4.79 Å². The van der Waals surface area contributed by atoms with Crippen molar-refractivity contribution in [3.63, 3.8) is 0 Å². The summed E-state index contributed by atoms with van der Waals surface area (Å²) in [6.45, 7) is 0. The van der Waals surface area contributed by atoms with Gasteiger partial charge in [-0.05, 0) is 12.1 Å². The minimum Gasteiger partial charge on any atom is -0.322 e. The standard InChI is InChI=1S/C11H10ClN3O/c12-6-11(16)14-9-7-13-15(8-9)10-4-2-1-3-5-10/h1-5,7-8H,6H2,(H,14,16). The predicted molar refractivity (Wildman–Crippen MR) is 62.9 cm³/mol. The number of carbonyl (C=O) groups excluding carboxylic acids is 1. The maximum atomic E-state index is 11.0. The van der Waals surface area contributed by atoms with Crippen LogP contribution in [-0.4, -0.2) is 21.6 Å². The molecule has 1 amide bonds. The summed E-state index contributed by atoms with van der Waals surface area (Å²) in [5, 5.41) is 6.76. The SMILES string of the molecule is O=C(CCl)Nc1cnn(-c2ccccc2)c1. The second-order valence-electron chi connectivity index (χ2n) is 3.19. The van der Waals surface area contributed by atoms with Crippen molar-refractivity contribution in [3.8, 4) is 5.69 Å². The number of carbonyl (C=O) groups is 1. The van der Waals surface area contributed by atoms with Gasteiger partial charge in [0.2, 0.25) is 5.91 Å². The number of amides is 1. The molecule has 1 heterocycles. The highest BCUT2D eigenvalue weighted by Gasteiger charge is 2.03. The largest absolute Gasteiger partial charge is 0.322 e. The first-order valence-corrected chi connectivity index (χ1v) is 5.29. The van der Waals surface area contributed by atoms with Gasteiger partial charge in [0.15, 0.2) is 0 Å². The molecule has 4 nitrogen and oxygen atoms in total. The van der Waals surface area contributed by atoms with Gasteiger partial charge in [-0.1, -0.05) is 18.2 Å². The molecule has 0 saturated carbocycles. The molecular formula is C11H10ClN3O. The van der Waals surface area contributed by atoms with Crippen molar-refractivity contribution >= 4 is 23.2 Å². The molecule has 0 atom stereocenters. The molecule has 2 rings (SSSR count). The van der Waals surface area contributed by atoms with Crippen LogP contribution in [0.3, 0.4) is 0 Å². The Hall–Kier alpha value is -1.81. The van der Waals surface area contributed by atoms with E-state index in [1.54, 1.807) is 17.1 Å². The van der Waals surface area contributed by atoms with Gasteiger partial charge in [0.25, 0.3) is 0 Å². The van der Waals surface area contributed by atoms with Crippen LogP contribution in [0.1, 0.15) is 0 Å². The average Bonchev–Trinajstić information content (AvgIpc) is 2.78. The molecule has 0 aliphatic heterocycles. The highest BCUT2D eigenvalue weighted by atomic mass is 35.5. The number of nitrogens with zero attached hydrogens (tertiary/aromatic N) is 2. The molecule has 0 spiro atoms. The number of hydrogen-bond acceptors (Lipinski definition) is 2. The lowest BCUT2D eigenvalue weighted by atomic mass is 10.3. The van der Waals surface area contributed by atoms with Crippen LogP contribution >= 0.6 is 11.6 Å². The quantitative estimate of drug-likeness (QED) is 0.828. The van der Waals surface area contributed by atoms with Crippen LogP contribution in [0.25, 0.3) is 5.69 Å². The van der Waals surface area contributed by atoms with E-state index in [0.29, 0.717) is 5.69 Å². The number of benzene rings is 1. The normalized spacial score (nSPS) is 10.1. The van der Waals surface area contributed by atoms with E-state index in [2.05, 4.69) is 10.4 Å². The fourth-order valence-electron chi connectivity index (χ4n) is 1.30. The monoisotopic (exact) mass is 235 g/mol. The Balaban J connectivity index is 2.17. The van der Waals surface area contributed by atoms with E-state index in [4.69, 9.17) is 11.6 Å². The predicted octanol–water partition coefficient (Wildman–Crippen LogP) is 2.05. The Morgan fingerprint density at radius 1 is 1.38 bits per heavy atom. The summed E-state index contributed by atoms with van der Waals surface area (Å²) in [5.74, 6) is -0.300. The highest BCUT2D eigenvalue weighted by molar-refractivity contribution is 6.29. The van der Waals surface area contributed by atoms with Crippen molar-refractivity contribution in [2.75, 3.05) is 11.2 Å². The van der Waals surface area contributed by atoms with Crippen LogP contribution in [0.15, 0.2) is 42.7 Å². The molecule has 1 N–H and O–H groups in total. The Labute approximate surface area is 97.8 Å². The summed E-state index contributed by atoms with van der Waals surface area (Å²) in [7, 11) is 0. The molecule has 0 saturated heterocycles. The third-order valence-electron chi connectivity index (χ3n) is 2.01. The fraction of sp³-hybridized carbons (Fsp3) is 0.0909. The van der Waals surface area contributed by atoms with Crippen molar-refractivity contribution < 1.29 is 4.79 Å². The first-order valence-electron chi connectivity index (χ1n) is 4.75. The highest BCUT2D eigenvalue weighted by Crippen LogP contribution is 2.10. The number of alkyl halides is 1. The zero-order valence-corrected chi connectivity index (χ0v) is 9.19. The molecule has 0 unspecified atom stereocenters. The van der Waals surface area contributed by atoms with Crippen LogP contribution in [0, 0.1) is 0 Å². The topological polar surface area (TPSA) is 46.9 Å². The first-order chi connectivity index (χ1) is 7.79. The zero-order chi connectivity index (χ0) is 11.4. The number of hydrogen-bond donors (Lipinski definition) is 1. The van der Waals surface area contributed by atoms with Crippen LogP contribution in [0.2, 0.25) is 0 Å². The third-order valence-corrected chi connectivity index (χ3v) is 2.25. The van der Waals surface area contributed by atoms with Gasteiger partial charge in [0, 0.05) is 0 Å². The van der Waals surface area contributed by atoms with E-state index in [-0.39, 0.29) is 11.8 Å². The summed E-state index contributed by atoms with van der Waals surface area (Å²) in [6, 6.07) is 9.64. The number of rotatable bonds is 3. The minimum atomic E-state index is -0.241. The van der Waals surface area contributed by atoms with Gasteiger partial charge in [0.05, 0.1) is 23.8 Å². The van der Waals surface area contributed by atoms with Crippen molar-refractivity contribution in [3.05, 3.63) is 42.7 Å². The van der Waals surface area contributed by atoms with E-state index in [9.17, 15) is 4.79 Å². The van der Waals surface area contributed by atoms with Crippen LogP contribution in [0.4, 0.5) is 5.69 Å². The molecule has 0 radical (unpaired) electrons. The second kappa shape index (κ2) is 4.81. The smallest absolute Gasteiger partial charge is 0.239 e. The minimum absolute atomic E-state index is 0.0590. The van der Waals surface area contributed by atoms with Crippen LogP contribution in [-0.2, 0) is 4.79 Å². The molecule has 0 aliphatic carbocycles. The summed E-state index contributed by atoms with van der Waals surface area (Å²) >= 11 is 5.39. The number of para-hydroxylation sites is 1. The summed E-state index contributed by atoms with van der Waals surface area (Å²) in [5.41, 5.74) is 1.57. The van der Waals surface area contributed by atoms with Gasteiger partial charge in [-0.15, -0.1) is 11.6 Å². The molecule has 1 aromatic heterocycles. The van der Waals surface area contributed by atoms with Crippen LogP contribution < -0.4 is 5.32 Å². The van der Waals surface area contributed by atoms with E-state index in [0.717, 1.165) is 5.69 Å². The Morgan fingerprint density at radius 2 is 2.12 bits per heavy atom. The molecule has 82 valence electrons.